The second-order valence-corrected chi connectivity index (χ2v) is 3.00. The van der Waals surface area contributed by atoms with Gasteiger partial charge >= 0.3 is 0 Å². The quantitative estimate of drug-likeness (QED) is 0.327. The van der Waals surface area contributed by atoms with Crippen LogP contribution in [0.4, 0.5) is 5.69 Å². The molecule has 0 spiro atoms. The van der Waals surface area contributed by atoms with E-state index in [0.717, 1.165) is 0 Å². The largest absolute Gasteiger partial charge is 0.227 e. The third-order valence-electron chi connectivity index (χ3n) is 1.20. The molecule has 0 aliphatic heterocycles. The van der Waals surface area contributed by atoms with Crippen molar-refractivity contribution in [1.29, 1.82) is 0 Å². The molecule has 1 aromatic rings. The highest BCUT2D eigenvalue weighted by Crippen LogP contribution is 2.14. The molecule has 0 bridgehead atoms. The van der Waals surface area contributed by atoms with Crippen molar-refractivity contribution < 1.29 is 8.42 Å². The van der Waals surface area contributed by atoms with Gasteiger partial charge in [0.1, 0.15) is 0 Å². The molecule has 0 heterocycles. The van der Waals surface area contributed by atoms with E-state index in [9.17, 15) is 8.42 Å². The first kappa shape index (κ1) is 8.58. The molecule has 1 rings (SSSR count). The van der Waals surface area contributed by atoms with Gasteiger partial charge in [-0.2, -0.15) is 0 Å². The average molecular weight is 183 g/mol. The molecular weight excluding hydrogens is 178 g/mol. The standard InChI is InChI=1S/C6H5N3O2S/c7-9-8-5-2-1-3-6(4-5)12(10)11/h1-4,12H. The molecule has 0 aliphatic carbocycles. The number of thiol groups is 1. The molecule has 0 saturated carbocycles. The van der Waals surface area contributed by atoms with Crippen molar-refractivity contribution in [3.63, 3.8) is 0 Å². The normalized spacial score (nSPS) is 9.42. The smallest absolute Gasteiger partial charge is 0.168 e. The van der Waals surface area contributed by atoms with Crippen LogP contribution in [0, 0.1) is 0 Å². The third kappa shape index (κ3) is 1.98. The molecule has 0 aliphatic rings. The van der Waals surface area contributed by atoms with Crippen molar-refractivity contribution in [3.05, 3.63) is 34.7 Å². The van der Waals surface area contributed by atoms with E-state index in [1.165, 1.54) is 24.3 Å². The number of hydrogen-bond donors (Lipinski definition) is 1. The van der Waals surface area contributed by atoms with Gasteiger partial charge in [-0.05, 0) is 17.7 Å². The SMILES string of the molecule is [N-]=[N+]=Nc1cccc([SH](=O)=O)c1. The maximum atomic E-state index is 10.5. The number of hydrogen-bond acceptors (Lipinski definition) is 3. The van der Waals surface area contributed by atoms with Crippen LogP contribution < -0.4 is 0 Å². The fraction of sp³-hybridized carbons (Fsp3) is 0. The van der Waals surface area contributed by atoms with Crippen molar-refractivity contribution in [2.75, 3.05) is 0 Å². The van der Waals surface area contributed by atoms with Crippen LogP contribution in [0.25, 0.3) is 10.4 Å². The van der Waals surface area contributed by atoms with Crippen molar-refractivity contribution in [1.82, 2.24) is 0 Å². The highest BCUT2D eigenvalue weighted by atomic mass is 32.2. The number of nitrogens with zero attached hydrogens (tertiary/aromatic N) is 3. The van der Waals surface area contributed by atoms with Gasteiger partial charge in [0.25, 0.3) is 0 Å². The minimum Gasteiger partial charge on any atom is -0.227 e. The van der Waals surface area contributed by atoms with Crippen LogP contribution in [0.3, 0.4) is 0 Å². The first-order valence-electron chi connectivity index (χ1n) is 3.03. The van der Waals surface area contributed by atoms with Crippen molar-refractivity contribution in [2.45, 2.75) is 4.90 Å². The lowest BCUT2D eigenvalue weighted by molar-refractivity contribution is 0.614. The Labute approximate surface area is 70.2 Å². The van der Waals surface area contributed by atoms with Gasteiger partial charge in [0.05, 0.1) is 4.90 Å². The van der Waals surface area contributed by atoms with Gasteiger partial charge in [0.15, 0.2) is 10.7 Å². The number of benzene rings is 1. The van der Waals surface area contributed by atoms with Crippen LogP contribution in [-0.2, 0) is 10.7 Å². The number of azide groups is 1. The molecular formula is C6H5N3O2S. The lowest BCUT2D eigenvalue weighted by atomic mass is 10.3. The van der Waals surface area contributed by atoms with Gasteiger partial charge in [0.2, 0.25) is 0 Å². The van der Waals surface area contributed by atoms with Crippen LogP contribution in [0.1, 0.15) is 0 Å². The van der Waals surface area contributed by atoms with Gasteiger partial charge in [-0.3, -0.25) is 0 Å². The molecule has 0 aromatic heterocycles. The summed E-state index contributed by atoms with van der Waals surface area (Å²) in [4.78, 5) is 2.68. The van der Waals surface area contributed by atoms with Crippen LogP contribution in [0.15, 0.2) is 34.3 Å². The first-order chi connectivity index (χ1) is 5.74. The fourth-order valence-corrected chi connectivity index (χ4v) is 1.17. The Morgan fingerprint density at radius 2 is 2.17 bits per heavy atom. The summed E-state index contributed by atoms with van der Waals surface area (Å²) in [6.07, 6.45) is 0. The highest BCUT2D eigenvalue weighted by molar-refractivity contribution is 7.72. The monoisotopic (exact) mass is 183 g/mol. The lowest BCUT2D eigenvalue weighted by Gasteiger charge is -1.91. The Morgan fingerprint density at radius 1 is 1.42 bits per heavy atom. The molecule has 62 valence electrons. The zero-order valence-corrected chi connectivity index (χ0v) is 6.81. The zero-order chi connectivity index (χ0) is 8.97. The minimum absolute atomic E-state index is 0.148. The molecule has 5 nitrogen and oxygen atoms in total. The summed E-state index contributed by atoms with van der Waals surface area (Å²) in [5, 5.41) is 3.26. The van der Waals surface area contributed by atoms with Gasteiger partial charge in [-0.25, -0.2) is 8.42 Å². The van der Waals surface area contributed by atoms with Crippen LogP contribution in [0.2, 0.25) is 0 Å². The molecule has 0 unspecified atom stereocenters. The summed E-state index contributed by atoms with van der Waals surface area (Å²) in [7, 11) is -2.61. The first-order valence-corrected chi connectivity index (χ1v) is 4.21. The van der Waals surface area contributed by atoms with Gasteiger partial charge < -0.3 is 0 Å². The Balaban J connectivity index is 3.20. The van der Waals surface area contributed by atoms with Crippen molar-refractivity contribution in [2.24, 2.45) is 5.11 Å². The predicted molar refractivity (Wildman–Crippen MR) is 43.8 cm³/mol. The molecule has 12 heavy (non-hydrogen) atoms. The third-order valence-corrected chi connectivity index (χ3v) is 1.90. The van der Waals surface area contributed by atoms with Gasteiger partial charge in [-0.15, -0.1) is 0 Å². The molecule has 0 amide bonds. The molecule has 0 atom stereocenters. The number of rotatable bonds is 2. The molecule has 0 saturated heterocycles. The van der Waals surface area contributed by atoms with Crippen molar-refractivity contribution >= 4 is 16.4 Å². The highest BCUT2D eigenvalue weighted by Gasteiger charge is 1.94. The Morgan fingerprint density at radius 3 is 2.75 bits per heavy atom. The van der Waals surface area contributed by atoms with E-state index in [4.69, 9.17) is 5.53 Å². The minimum atomic E-state index is -2.61. The van der Waals surface area contributed by atoms with Crippen molar-refractivity contribution in [3.8, 4) is 0 Å². The Kier molecular flexibility index (Phi) is 2.68. The summed E-state index contributed by atoms with van der Waals surface area (Å²) < 4.78 is 20.9. The zero-order valence-electron chi connectivity index (χ0n) is 5.91. The maximum Gasteiger partial charge on any atom is 0.168 e. The van der Waals surface area contributed by atoms with E-state index in [1.807, 2.05) is 0 Å². The summed E-state index contributed by atoms with van der Waals surface area (Å²) in [5.74, 6) is 0. The van der Waals surface area contributed by atoms with E-state index < -0.39 is 10.7 Å². The molecule has 0 radical (unpaired) electrons. The second-order valence-electron chi connectivity index (χ2n) is 1.97. The lowest BCUT2D eigenvalue weighted by Crippen LogP contribution is -1.77. The van der Waals surface area contributed by atoms with E-state index >= 15 is 0 Å². The fourth-order valence-electron chi connectivity index (χ4n) is 0.720. The summed E-state index contributed by atoms with van der Waals surface area (Å²) in [5.41, 5.74) is 8.36. The van der Waals surface area contributed by atoms with Crippen LogP contribution >= 0.6 is 0 Å². The van der Waals surface area contributed by atoms with E-state index in [2.05, 4.69) is 10.0 Å². The summed E-state index contributed by atoms with van der Waals surface area (Å²) in [6.45, 7) is 0. The van der Waals surface area contributed by atoms with E-state index in [1.54, 1.807) is 0 Å². The Bertz CT molecular complexity index is 399. The van der Waals surface area contributed by atoms with Crippen LogP contribution in [0.5, 0.6) is 0 Å². The van der Waals surface area contributed by atoms with E-state index in [-0.39, 0.29) is 4.90 Å². The van der Waals surface area contributed by atoms with Crippen LogP contribution in [-0.4, -0.2) is 8.42 Å². The summed E-state index contributed by atoms with van der Waals surface area (Å²) in [6, 6.07) is 5.79. The second kappa shape index (κ2) is 3.75. The topological polar surface area (TPSA) is 82.9 Å². The molecule has 0 fully saturated rings. The molecule has 6 heteroatoms. The Hall–Kier alpha value is -1.52. The van der Waals surface area contributed by atoms with Gasteiger partial charge in [0, 0.05) is 10.6 Å². The van der Waals surface area contributed by atoms with Gasteiger partial charge in [-0.1, -0.05) is 17.2 Å². The molecule has 0 N–H and O–H groups in total. The predicted octanol–water partition coefficient (Wildman–Crippen LogP) is 1.60. The van der Waals surface area contributed by atoms with E-state index in [0.29, 0.717) is 5.69 Å². The average Bonchev–Trinajstić information content (AvgIpc) is 2.05. The maximum absolute atomic E-state index is 10.5. The molecule has 1 aromatic carbocycles. The summed E-state index contributed by atoms with van der Waals surface area (Å²) >= 11 is 0.